The van der Waals surface area contributed by atoms with Gasteiger partial charge in [0.2, 0.25) is 15.9 Å². The molecule has 0 spiro atoms. The number of nitrogens with zero attached hydrogens (tertiary/aromatic N) is 1. The summed E-state index contributed by atoms with van der Waals surface area (Å²) in [6.07, 6.45) is 0.429. The van der Waals surface area contributed by atoms with Crippen LogP contribution in [0.4, 0.5) is 4.39 Å². The third-order valence-electron chi connectivity index (χ3n) is 5.95. The second kappa shape index (κ2) is 15.0. The summed E-state index contributed by atoms with van der Waals surface area (Å²) < 4.78 is 41.0. The maximum atomic E-state index is 14.1. The number of nitrogens with one attached hydrogen (secondary N) is 2. The molecule has 2 rings (SSSR count). The van der Waals surface area contributed by atoms with Crippen molar-refractivity contribution in [2.24, 2.45) is 0 Å². The fourth-order valence-electron chi connectivity index (χ4n) is 3.92. The van der Waals surface area contributed by atoms with Gasteiger partial charge in [-0.1, -0.05) is 56.3 Å². The van der Waals surface area contributed by atoms with E-state index in [0.29, 0.717) is 43.6 Å². The first-order chi connectivity index (χ1) is 17.2. The molecular formula is C27H40FN3O4S. The molecule has 0 unspecified atom stereocenters. The highest BCUT2D eigenvalue weighted by atomic mass is 32.2. The highest BCUT2D eigenvalue weighted by molar-refractivity contribution is 7.89. The number of hydrogen-bond donors (Lipinski definition) is 3. The molecule has 0 aliphatic carbocycles. The van der Waals surface area contributed by atoms with Crippen molar-refractivity contribution in [3.05, 3.63) is 71.0 Å². The number of benzene rings is 2. The van der Waals surface area contributed by atoms with Gasteiger partial charge in [0, 0.05) is 32.6 Å². The number of aryl methyl sites for hydroxylation is 1. The first-order valence-corrected chi connectivity index (χ1v) is 14.2. The third-order valence-corrected chi connectivity index (χ3v) is 7.83. The van der Waals surface area contributed by atoms with Gasteiger partial charge in [-0.3, -0.25) is 4.79 Å². The number of aliphatic hydroxyl groups excluding tert-OH is 1. The van der Waals surface area contributed by atoms with E-state index >= 15 is 0 Å². The summed E-state index contributed by atoms with van der Waals surface area (Å²) in [6, 6.07) is 13.8. The molecule has 0 saturated heterocycles. The van der Waals surface area contributed by atoms with Crippen LogP contribution >= 0.6 is 0 Å². The van der Waals surface area contributed by atoms with Gasteiger partial charge in [-0.05, 0) is 48.9 Å². The SMILES string of the molecule is CCCN(CCC)S(=O)(=O)CCC(=O)N[C@@H](Cc1ccc(C)c(F)c1)[C@H](O)CNCc1ccccc1. The monoisotopic (exact) mass is 521 g/mol. The lowest BCUT2D eigenvalue weighted by Gasteiger charge is -2.25. The second-order valence-corrected chi connectivity index (χ2v) is 11.2. The van der Waals surface area contributed by atoms with Gasteiger partial charge in [0.05, 0.1) is 17.9 Å². The van der Waals surface area contributed by atoms with Crippen LogP contribution < -0.4 is 10.6 Å². The summed E-state index contributed by atoms with van der Waals surface area (Å²) in [4.78, 5) is 12.7. The van der Waals surface area contributed by atoms with E-state index < -0.39 is 28.1 Å². The summed E-state index contributed by atoms with van der Waals surface area (Å²) >= 11 is 0. The van der Waals surface area contributed by atoms with Gasteiger partial charge in [0.1, 0.15) is 5.82 Å². The molecule has 0 bridgehead atoms. The lowest BCUT2D eigenvalue weighted by molar-refractivity contribution is -0.122. The molecule has 0 saturated carbocycles. The molecule has 9 heteroatoms. The van der Waals surface area contributed by atoms with Crippen LogP contribution in [0.25, 0.3) is 0 Å². The number of amides is 1. The highest BCUT2D eigenvalue weighted by Gasteiger charge is 2.25. The van der Waals surface area contributed by atoms with Crippen LogP contribution in [0.15, 0.2) is 48.5 Å². The molecule has 0 aliphatic heterocycles. The number of halogens is 1. The van der Waals surface area contributed by atoms with E-state index in [2.05, 4.69) is 10.6 Å². The normalized spacial score (nSPS) is 13.5. The number of hydrogen-bond acceptors (Lipinski definition) is 5. The Kier molecular flexibility index (Phi) is 12.5. The molecule has 36 heavy (non-hydrogen) atoms. The molecule has 200 valence electrons. The Bertz CT molecular complexity index is 1040. The number of aliphatic hydroxyl groups is 1. The van der Waals surface area contributed by atoms with E-state index in [1.165, 1.54) is 10.4 Å². The van der Waals surface area contributed by atoms with Crippen molar-refractivity contribution in [2.45, 2.75) is 65.1 Å². The molecule has 3 N–H and O–H groups in total. The number of sulfonamides is 1. The van der Waals surface area contributed by atoms with E-state index in [9.17, 15) is 22.7 Å². The minimum absolute atomic E-state index is 0.202. The zero-order valence-corrected chi connectivity index (χ0v) is 22.4. The zero-order chi connectivity index (χ0) is 26.6. The van der Waals surface area contributed by atoms with Crippen LogP contribution in [-0.4, -0.2) is 61.3 Å². The number of rotatable bonds is 16. The van der Waals surface area contributed by atoms with Crippen molar-refractivity contribution in [3.8, 4) is 0 Å². The Morgan fingerprint density at radius 1 is 1.06 bits per heavy atom. The summed E-state index contributed by atoms with van der Waals surface area (Å²) in [5, 5.41) is 16.9. The molecule has 2 aromatic rings. The summed E-state index contributed by atoms with van der Waals surface area (Å²) in [5.41, 5.74) is 2.20. The molecule has 0 aromatic heterocycles. The van der Waals surface area contributed by atoms with Crippen molar-refractivity contribution in [1.82, 2.24) is 14.9 Å². The highest BCUT2D eigenvalue weighted by Crippen LogP contribution is 2.13. The Labute approximate surface area is 215 Å². The zero-order valence-electron chi connectivity index (χ0n) is 21.5. The standard InChI is InChI=1S/C27H40FN3O4S/c1-4-14-31(15-5-2)36(34,35)16-13-27(33)30-25(18-23-12-11-21(3)24(28)17-23)26(32)20-29-19-22-9-7-6-8-10-22/h6-12,17,25-26,29,32H,4-5,13-16,18-20H2,1-3H3,(H,30,33)/t25-,26+/m0/s1. The molecule has 0 radical (unpaired) electrons. The van der Waals surface area contributed by atoms with E-state index in [4.69, 9.17) is 0 Å². The van der Waals surface area contributed by atoms with Gasteiger partial charge in [-0.15, -0.1) is 0 Å². The molecule has 0 aliphatic rings. The first-order valence-electron chi connectivity index (χ1n) is 12.6. The van der Waals surface area contributed by atoms with Gasteiger partial charge in [-0.25, -0.2) is 17.1 Å². The Balaban J connectivity index is 2.04. The minimum Gasteiger partial charge on any atom is -0.390 e. The van der Waals surface area contributed by atoms with E-state index in [-0.39, 0.29) is 31.0 Å². The molecular weight excluding hydrogens is 481 g/mol. The average molecular weight is 522 g/mol. The van der Waals surface area contributed by atoms with E-state index in [0.717, 1.165) is 5.56 Å². The smallest absolute Gasteiger partial charge is 0.221 e. The lowest BCUT2D eigenvalue weighted by atomic mass is 9.99. The lowest BCUT2D eigenvalue weighted by Crippen LogP contribution is -2.49. The number of carbonyl (C=O) groups excluding carboxylic acids is 1. The summed E-state index contributed by atoms with van der Waals surface area (Å²) in [6.45, 7) is 7.08. The van der Waals surface area contributed by atoms with Gasteiger partial charge < -0.3 is 15.7 Å². The van der Waals surface area contributed by atoms with Crippen molar-refractivity contribution in [2.75, 3.05) is 25.4 Å². The van der Waals surface area contributed by atoms with Crippen LogP contribution in [0.3, 0.4) is 0 Å². The van der Waals surface area contributed by atoms with Crippen molar-refractivity contribution >= 4 is 15.9 Å². The van der Waals surface area contributed by atoms with Crippen LogP contribution in [0, 0.1) is 12.7 Å². The molecule has 2 atom stereocenters. The van der Waals surface area contributed by atoms with E-state index in [1.54, 1.807) is 19.1 Å². The van der Waals surface area contributed by atoms with Gasteiger partial charge >= 0.3 is 0 Å². The van der Waals surface area contributed by atoms with Gasteiger partial charge in [-0.2, -0.15) is 0 Å². The molecule has 7 nitrogen and oxygen atoms in total. The average Bonchev–Trinajstić information content (AvgIpc) is 2.85. The minimum atomic E-state index is -3.56. The van der Waals surface area contributed by atoms with Crippen molar-refractivity contribution < 1.29 is 22.7 Å². The van der Waals surface area contributed by atoms with Crippen LogP contribution in [0.2, 0.25) is 0 Å². The second-order valence-electron chi connectivity index (χ2n) is 9.11. The predicted octanol–water partition coefficient (Wildman–Crippen LogP) is 3.15. The molecule has 2 aromatic carbocycles. The quantitative estimate of drug-likeness (QED) is 0.315. The maximum absolute atomic E-state index is 14.1. The van der Waals surface area contributed by atoms with Crippen LogP contribution in [-0.2, 0) is 27.8 Å². The Morgan fingerprint density at radius 2 is 1.72 bits per heavy atom. The molecule has 0 heterocycles. The van der Waals surface area contributed by atoms with Gasteiger partial charge in [0.25, 0.3) is 0 Å². The molecule has 1 amide bonds. The van der Waals surface area contributed by atoms with E-state index in [1.807, 2.05) is 44.2 Å². The third kappa shape index (κ3) is 9.97. The summed E-state index contributed by atoms with van der Waals surface area (Å²) in [5.74, 6) is -1.12. The van der Waals surface area contributed by atoms with Crippen LogP contribution in [0.1, 0.15) is 49.8 Å². The predicted molar refractivity (Wildman–Crippen MR) is 141 cm³/mol. The maximum Gasteiger partial charge on any atom is 0.221 e. The largest absolute Gasteiger partial charge is 0.390 e. The van der Waals surface area contributed by atoms with Crippen molar-refractivity contribution in [3.63, 3.8) is 0 Å². The van der Waals surface area contributed by atoms with Crippen LogP contribution in [0.5, 0.6) is 0 Å². The fourth-order valence-corrected chi connectivity index (χ4v) is 5.54. The van der Waals surface area contributed by atoms with Gasteiger partial charge in [0.15, 0.2) is 0 Å². The Hall–Kier alpha value is -2.33. The molecule has 0 fully saturated rings. The van der Waals surface area contributed by atoms with Crippen molar-refractivity contribution in [1.29, 1.82) is 0 Å². The fraction of sp³-hybridized carbons (Fsp3) is 0.519. The first kappa shape index (κ1) is 29.9. The summed E-state index contributed by atoms with van der Waals surface area (Å²) in [7, 11) is -3.56. The number of carbonyl (C=O) groups is 1. The topological polar surface area (TPSA) is 98.7 Å². The Morgan fingerprint density at radius 3 is 2.33 bits per heavy atom.